The zero-order chi connectivity index (χ0) is 20.8. The molecule has 0 saturated heterocycles. The first kappa shape index (κ1) is 21.9. The van der Waals surface area contributed by atoms with Gasteiger partial charge in [-0.15, -0.1) is 0 Å². The Morgan fingerprint density at radius 3 is 1.50 bits per heavy atom. The Balaban J connectivity index is 3.52. The molecule has 0 radical (unpaired) electrons. The summed E-state index contributed by atoms with van der Waals surface area (Å²) < 4.78 is 161. The SMILES string of the molecule is O=C(OC(C(F)(F)F)C(F)(F)S(=O)(=O)O)c1c(F)c(F)c(F)c(F)c1F. The molecule has 1 aromatic carbocycles. The second kappa shape index (κ2) is 6.57. The van der Waals surface area contributed by atoms with E-state index in [2.05, 4.69) is 4.74 Å². The van der Waals surface area contributed by atoms with Crippen molar-refractivity contribution in [2.75, 3.05) is 0 Å². The first-order chi connectivity index (χ1) is 11.4. The van der Waals surface area contributed by atoms with E-state index in [-0.39, 0.29) is 0 Å². The number of hydrogen-bond acceptors (Lipinski definition) is 4. The van der Waals surface area contributed by atoms with Crippen LogP contribution in [-0.4, -0.2) is 36.5 Å². The van der Waals surface area contributed by atoms with Crippen molar-refractivity contribution in [1.29, 1.82) is 0 Å². The van der Waals surface area contributed by atoms with E-state index < -0.39 is 68.3 Å². The average molecular weight is 424 g/mol. The summed E-state index contributed by atoms with van der Waals surface area (Å²) in [6.45, 7) is 0. The molecule has 1 atom stereocenters. The Labute approximate surface area is 135 Å². The highest BCUT2D eigenvalue weighted by molar-refractivity contribution is 7.86. The van der Waals surface area contributed by atoms with Crippen molar-refractivity contribution in [3.63, 3.8) is 0 Å². The number of ether oxygens (including phenoxy) is 1. The van der Waals surface area contributed by atoms with E-state index in [1.165, 1.54) is 0 Å². The highest BCUT2D eigenvalue weighted by atomic mass is 32.2. The molecule has 26 heavy (non-hydrogen) atoms. The van der Waals surface area contributed by atoms with Crippen molar-refractivity contribution in [3.05, 3.63) is 34.6 Å². The van der Waals surface area contributed by atoms with Gasteiger partial charge in [0.05, 0.1) is 0 Å². The molecule has 0 bridgehead atoms. The third kappa shape index (κ3) is 3.69. The number of carbonyl (C=O) groups excluding carboxylic acids is 1. The number of carbonyl (C=O) groups is 1. The summed E-state index contributed by atoms with van der Waals surface area (Å²) in [4.78, 5) is 11.3. The fourth-order valence-electron chi connectivity index (χ4n) is 1.41. The molecule has 1 aromatic rings. The zero-order valence-corrected chi connectivity index (χ0v) is 12.2. The van der Waals surface area contributed by atoms with E-state index in [1.54, 1.807) is 0 Å². The third-order valence-corrected chi connectivity index (χ3v) is 3.49. The summed E-state index contributed by atoms with van der Waals surface area (Å²) in [6.07, 6.45) is -11.5. The van der Waals surface area contributed by atoms with Gasteiger partial charge in [0.25, 0.3) is 6.10 Å². The molecule has 0 aliphatic heterocycles. The molecule has 148 valence electrons. The Morgan fingerprint density at radius 1 is 0.846 bits per heavy atom. The van der Waals surface area contributed by atoms with Crippen LogP contribution in [0.25, 0.3) is 0 Å². The van der Waals surface area contributed by atoms with Crippen molar-refractivity contribution < 1.29 is 66.4 Å². The van der Waals surface area contributed by atoms with Gasteiger partial charge in [0.1, 0.15) is 5.56 Å². The van der Waals surface area contributed by atoms with Crippen molar-refractivity contribution in [1.82, 2.24) is 0 Å². The fraction of sp³-hybridized carbons (Fsp3) is 0.300. The second-order valence-electron chi connectivity index (χ2n) is 4.31. The van der Waals surface area contributed by atoms with Crippen molar-refractivity contribution in [2.45, 2.75) is 17.5 Å². The van der Waals surface area contributed by atoms with Crippen LogP contribution in [0.2, 0.25) is 0 Å². The zero-order valence-electron chi connectivity index (χ0n) is 11.3. The van der Waals surface area contributed by atoms with Gasteiger partial charge in [-0.25, -0.2) is 26.7 Å². The quantitative estimate of drug-likeness (QED) is 0.264. The average Bonchev–Trinajstić information content (AvgIpc) is 2.46. The maximum absolute atomic E-state index is 13.3. The van der Waals surface area contributed by atoms with Crippen LogP contribution in [0.5, 0.6) is 0 Å². The predicted molar refractivity (Wildman–Crippen MR) is 58.0 cm³/mol. The Morgan fingerprint density at radius 2 is 1.19 bits per heavy atom. The summed E-state index contributed by atoms with van der Waals surface area (Å²) >= 11 is 0. The molecule has 0 aliphatic carbocycles. The molecule has 0 spiro atoms. The molecule has 0 aromatic heterocycles. The van der Waals surface area contributed by atoms with Gasteiger partial charge < -0.3 is 4.74 Å². The molecule has 0 saturated carbocycles. The molecular formula is C10H2F10O5S. The van der Waals surface area contributed by atoms with Gasteiger partial charge in [-0.1, -0.05) is 0 Å². The van der Waals surface area contributed by atoms with E-state index in [0.717, 1.165) is 0 Å². The number of hydrogen-bond donors (Lipinski definition) is 1. The number of halogens is 10. The summed E-state index contributed by atoms with van der Waals surface area (Å²) in [5, 5.41) is -6.27. The number of rotatable bonds is 4. The Hall–Kier alpha value is -2.10. The predicted octanol–water partition coefficient (Wildman–Crippen LogP) is 2.95. The number of alkyl halides is 5. The van der Waals surface area contributed by atoms with Crippen LogP contribution in [0, 0.1) is 29.1 Å². The minimum atomic E-state index is -6.88. The van der Waals surface area contributed by atoms with Crippen LogP contribution >= 0.6 is 0 Å². The van der Waals surface area contributed by atoms with Gasteiger partial charge in [0.15, 0.2) is 23.3 Å². The third-order valence-electron chi connectivity index (χ3n) is 2.59. The minimum absolute atomic E-state index is 2.69. The molecule has 0 fully saturated rings. The van der Waals surface area contributed by atoms with E-state index in [9.17, 15) is 57.1 Å². The Bertz CT molecular complexity index is 818. The second-order valence-corrected chi connectivity index (χ2v) is 5.80. The van der Waals surface area contributed by atoms with Gasteiger partial charge in [0.2, 0.25) is 5.82 Å². The summed E-state index contributed by atoms with van der Waals surface area (Å²) in [5.41, 5.74) is -2.69. The maximum Gasteiger partial charge on any atom is 0.432 e. The molecule has 1 rings (SSSR count). The monoisotopic (exact) mass is 424 g/mol. The van der Waals surface area contributed by atoms with Crippen LogP contribution in [0.4, 0.5) is 43.9 Å². The number of benzene rings is 1. The highest BCUT2D eigenvalue weighted by Gasteiger charge is 2.66. The summed E-state index contributed by atoms with van der Waals surface area (Å²) in [7, 11) is -6.88. The normalized spacial score (nSPS) is 14.3. The van der Waals surface area contributed by atoms with E-state index in [0.29, 0.717) is 0 Å². The van der Waals surface area contributed by atoms with Crippen LogP contribution in [0.3, 0.4) is 0 Å². The van der Waals surface area contributed by atoms with E-state index in [4.69, 9.17) is 4.55 Å². The van der Waals surface area contributed by atoms with Crippen LogP contribution in [0.1, 0.15) is 10.4 Å². The molecule has 0 heterocycles. The van der Waals surface area contributed by atoms with Crippen LogP contribution in [-0.2, 0) is 14.9 Å². The van der Waals surface area contributed by atoms with Crippen LogP contribution in [0.15, 0.2) is 0 Å². The first-order valence-electron chi connectivity index (χ1n) is 5.58. The van der Waals surface area contributed by atoms with Gasteiger partial charge in [-0.3, -0.25) is 4.55 Å². The minimum Gasteiger partial charge on any atom is -0.441 e. The maximum atomic E-state index is 13.3. The molecule has 16 heteroatoms. The van der Waals surface area contributed by atoms with Crippen molar-refractivity contribution in [2.24, 2.45) is 0 Å². The topological polar surface area (TPSA) is 80.7 Å². The lowest BCUT2D eigenvalue weighted by atomic mass is 10.1. The lowest BCUT2D eigenvalue weighted by Crippen LogP contribution is -2.52. The van der Waals surface area contributed by atoms with Crippen molar-refractivity contribution >= 4 is 16.1 Å². The van der Waals surface area contributed by atoms with E-state index >= 15 is 0 Å². The molecule has 0 aliphatic rings. The molecular weight excluding hydrogens is 422 g/mol. The molecule has 1 unspecified atom stereocenters. The molecule has 1 N–H and O–H groups in total. The lowest BCUT2D eigenvalue weighted by Gasteiger charge is -2.26. The lowest BCUT2D eigenvalue weighted by molar-refractivity contribution is -0.248. The van der Waals surface area contributed by atoms with Crippen LogP contribution < -0.4 is 0 Å². The van der Waals surface area contributed by atoms with E-state index in [1.807, 2.05) is 0 Å². The summed E-state index contributed by atoms with van der Waals surface area (Å²) in [6, 6.07) is 0. The van der Waals surface area contributed by atoms with Gasteiger partial charge in [-0.05, 0) is 0 Å². The highest BCUT2D eigenvalue weighted by Crippen LogP contribution is 2.38. The van der Waals surface area contributed by atoms with Gasteiger partial charge in [0, 0.05) is 0 Å². The number of esters is 1. The smallest absolute Gasteiger partial charge is 0.432 e. The largest absolute Gasteiger partial charge is 0.441 e. The molecule has 0 amide bonds. The summed E-state index contributed by atoms with van der Waals surface area (Å²) in [5.74, 6) is -17.7. The first-order valence-corrected chi connectivity index (χ1v) is 7.02. The Kier molecular flexibility index (Phi) is 5.54. The van der Waals surface area contributed by atoms with Crippen molar-refractivity contribution in [3.8, 4) is 0 Å². The van der Waals surface area contributed by atoms with Gasteiger partial charge in [-0.2, -0.15) is 30.4 Å². The standard InChI is InChI=1S/C10H2F10O5S/c11-2-1(3(12)5(14)6(15)4(2)13)7(21)25-8(9(16,17)18)10(19,20)26(22,23)24/h8H,(H,22,23,24). The fourth-order valence-corrected chi connectivity index (χ4v) is 1.86. The van der Waals surface area contributed by atoms with Gasteiger partial charge >= 0.3 is 27.5 Å². The molecule has 5 nitrogen and oxygen atoms in total.